The number of aryl methyl sites for hydroxylation is 2. The molecule has 0 aliphatic heterocycles. The van der Waals surface area contributed by atoms with Crippen molar-refractivity contribution in [3.05, 3.63) is 132 Å². The van der Waals surface area contributed by atoms with Gasteiger partial charge in [0.2, 0.25) is 0 Å². The molecule has 0 aliphatic rings. The average Bonchev–Trinajstić information content (AvgIpc) is 3.32. The lowest BCUT2D eigenvalue weighted by Gasteiger charge is -2.28. The van der Waals surface area contributed by atoms with Crippen LogP contribution in [-0.2, 0) is 0 Å². The quantitative estimate of drug-likeness (QED) is 0.258. The first kappa shape index (κ1) is 23.1. The van der Waals surface area contributed by atoms with E-state index in [2.05, 4.69) is 97.6 Å². The lowest BCUT2D eigenvalue weighted by Crippen LogP contribution is -2.11. The van der Waals surface area contributed by atoms with Crippen molar-refractivity contribution < 1.29 is 9.52 Å². The fraction of sp³-hybridized carbons (Fsp3) is 0.0556. The molecule has 0 saturated heterocycles. The van der Waals surface area contributed by atoms with Crippen LogP contribution in [0.15, 0.2) is 126 Å². The molecule has 1 aromatic heterocycles. The molecule has 3 heteroatoms. The molecule has 3 nitrogen and oxygen atoms in total. The highest BCUT2D eigenvalue weighted by atomic mass is 16.3. The maximum atomic E-state index is 10.6. The molecule has 1 N–H and O–H groups in total. The van der Waals surface area contributed by atoms with Crippen LogP contribution in [0.4, 0.5) is 17.1 Å². The van der Waals surface area contributed by atoms with Crippen LogP contribution in [0.1, 0.15) is 11.1 Å². The number of benzene rings is 6. The van der Waals surface area contributed by atoms with Crippen molar-refractivity contribution >= 4 is 49.8 Å². The van der Waals surface area contributed by atoms with Crippen molar-refractivity contribution in [1.29, 1.82) is 0 Å². The van der Waals surface area contributed by atoms with Crippen LogP contribution < -0.4 is 4.90 Å². The van der Waals surface area contributed by atoms with Gasteiger partial charge in [-0.15, -0.1) is 0 Å². The zero-order valence-electron chi connectivity index (χ0n) is 21.8. The molecule has 0 radical (unpaired) electrons. The number of nitrogens with zero attached hydrogens (tertiary/aromatic N) is 1. The number of phenols is 1. The number of aromatic hydroxyl groups is 1. The molecule has 7 rings (SSSR count). The summed E-state index contributed by atoms with van der Waals surface area (Å²) < 4.78 is 6.42. The Bertz CT molecular complexity index is 2000. The van der Waals surface area contributed by atoms with E-state index in [0.717, 1.165) is 60.9 Å². The van der Waals surface area contributed by atoms with E-state index < -0.39 is 0 Å². The molecule has 0 amide bonds. The fourth-order valence-corrected chi connectivity index (χ4v) is 5.79. The van der Waals surface area contributed by atoms with Crippen LogP contribution in [-0.4, -0.2) is 5.11 Å². The van der Waals surface area contributed by atoms with Crippen molar-refractivity contribution in [2.24, 2.45) is 0 Å². The number of para-hydroxylation sites is 2. The molecule has 0 bridgehead atoms. The van der Waals surface area contributed by atoms with E-state index in [9.17, 15) is 5.11 Å². The third-order valence-corrected chi connectivity index (χ3v) is 7.39. The van der Waals surface area contributed by atoms with E-state index in [-0.39, 0.29) is 5.75 Å². The van der Waals surface area contributed by atoms with Gasteiger partial charge in [-0.05, 0) is 72.3 Å². The number of rotatable bonds is 4. The summed E-state index contributed by atoms with van der Waals surface area (Å²) in [6.45, 7) is 4.27. The third-order valence-electron chi connectivity index (χ3n) is 7.39. The first-order valence-corrected chi connectivity index (χ1v) is 13.2. The monoisotopic (exact) mass is 505 g/mol. The Hall–Kier alpha value is -5.02. The van der Waals surface area contributed by atoms with Crippen molar-refractivity contribution in [3.8, 4) is 16.9 Å². The zero-order chi connectivity index (χ0) is 26.5. The minimum Gasteiger partial charge on any atom is -0.507 e. The summed E-state index contributed by atoms with van der Waals surface area (Å²) >= 11 is 0. The van der Waals surface area contributed by atoms with Gasteiger partial charge in [-0.1, -0.05) is 78.9 Å². The van der Waals surface area contributed by atoms with Gasteiger partial charge in [-0.3, -0.25) is 0 Å². The van der Waals surface area contributed by atoms with Gasteiger partial charge in [0.05, 0.1) is 5.69 Å². The predicted molar refractivity (Wildman–Crippen MR) is 162 cm³/mol. The Balaban J connectivity index is 1.55. The minimum absolute atomic E-state index is 0.266. The van der Waals surface area contributed by atoms with E-state index in [1.807, 2.05) is 36.4 Å². The number of hydrogen-bond acceptors (Lipinski definition) is 3. The molecule has 0 spiro atoms. The van der Waals surface area contributed by atoms with E-state index in [1.54, 1.807) is 6.07 Å². The first-order chi connectivity index (χ1) is 19.1. The van der Waals surface area contributed by atoms with E-state index in [0.29, 0.717) is 0 Å². The molecule has 1 heterocycles. The normalized spacial score (nSPS) is 11.4. The van der Waals surface area contributed by atoms with Crippen LogP contribution in [0.2, 0.25) is 0 Å². The fourth-order valence-electron chi connectivity index (χ4n) is 5.79. The Morgan fingerprint density at radius 2 is 1.26 bits per heavy atom. The topological polar surface area (TPSA) is 36.6 Å². The van der Waals surface area contributed by atoms with Crippen LogP contribution in [0.5, 0.6) is 5.75 Å². The van der Waals surface area contributed by atoms with Gasteiger partial charge >= 0.3 is 0 Å². The van der Waals surface area contributed by atoms with E-state index >= 15 is 0 Å². The number of phenolic OH excluding ortho intramolecular Hbond substituents is 1. The van der Waals surface area contributed by atoms with Crippen molar-refractivity contribution in [2.45, 2.75) is 13.8 Å². The molecule has 0 atom stereocenters. The van der Waals surface area contributed by atoms with Crippen LogP contribution >= 0.6 is 0 Å². The first-order valence-electron chi connectivity index (χ1n) is 13.2. The van der Waals surface area contributed by atoms with Gasteiger partial charge in [0, 0.05) is 39.2 Å². The molecule has 7 aromatic rings. The summed E-state index contributed by atoms with van der Waals surface area (Å²) in [5, 5.41) is 15.2. The Labute approximate surface area is 227 Å². The van der Waals surface area contributed by atoms with Crippen molar-refractivity contribution in [3.63, 3.8) is 0 Å². The maximum Gasteiger partial charge on any atom is 0.138 e. The van der Waals surface area contributed by atoms with Gasteiger partial charge < -0.3 is 14.4 Å². The molecular formula is C36H27NO2. The molecule has 188 valence electrons. The van der Waals surface area contributed by atoms with Crippen LogP contribution in [0.25, 0.3) is 43.8 Å². The number of hydrogen-bond donors (Lipinski definition) is 1. The summed E-state index contributed by atoms with van der Waals surface area (Å²) in [7, 11) is 0. The average molecular weight is 506 g/mol. The van der Waals surface area contributed by atoms with Gasteiger partial charge in [-0.2, -0.15) is 0 Å². The summed E-state index contributed by atoms with van der Waals surface area (Å²) in [6, 6.07) is 41.4. The minimum atomic E-state index is 0.266. The largest absolute Gasteiger partial charge is 0.507 e. The molecular weight excluding hydrogens is 478 g/mol. The van der Waals surface area contributed by atoms with E-state index in [4.69, 9.17) is 4.42 Å². The third kappa shape index (κ3) is 3.91. The number of furan rings is 1. The van der Waals surface area contributed by atoms with Crippen molar-refractivity contribution in [1.82, 2.24) is 0 Å². The molecule has 0 saturated carbocycles. The Morgan fingerprint density at radius 1 is 0.564 bits per heavy atom. The molecule has 39 heavy (non-hydrogen) atoms. The lowest BCUT2D eigenvalue weighted by atomic mass is 9.99. The second-order valence-corrected chi connectivity index (χ2v) is 10.2. The lowest BCUT2D eigenvalue weighted by molar-refractivity contribution is 0.477. The Morgan fingerprint density at radius 3 is 2.05 bits per heavy atom. The van der Waals surface area contributed by atoms with Gasteiger partial charge in [0.15, 0.2) is 0 Å². The van der Waals surface area contributed by atoms with E-state index in [1.165, 1.54) is 11.1 Å². The summed E-state index contributed by atoms with van der Waals surface area (Å²) in [4.78, 5) is 2.30. The summed E-state index contributed by atoms with van der Waals surface area (Å²) in [5.41, 5.74) is 9.00. The van der Waals surface area contributed by atoms with Crippen molar-refractivity contribution in [2.75, 3.05) is 4.90 Å². The van der Waals surface area contributed by atoms with Gasteiger partial charge in [0.25, 0.3) is 0 Å². The molecule has 6 aromatic carbocycles. The summed E-state index contributed by atoms with van der Waals surface area (Å²) in [5.74, 6) is 0.266. The van der Waals surface area contributed by atoms with Crippen LogP contribution in [0, 0.1) is 13.8 Å². The predicted octanol–water partition coefficient (Wildman–Crippen LogP) is 10.2. The molecule has 0 aliphatic carbocycles. The zero-order valence-corrected chi connectivity index (χ0v) is 21.8. The number of fused-ring (bicyclic) bond motifs is 5. The summed E-state index contributed by atoms with van der Waals surface area (Å²) in [6.07, 6.45) is 0. The smallest absolute Gasteiger partial charge is 0.138 e. The SMILES string of the molecule is Cc1cc(C)cc(N(c2cccc(-c3ccccc3O)c2)c2cc3oc4ccccc4c3c3ccccc23)c1. The second kappa shape index (κ2) is 9.07. The van der Waals surface area contributed by atoms with Gasteiger partial charge in [0.1, 0.15) is 16.9 Å². The maximum absolute atomic E-state index is 10.6. The highest BCUT2D eigenvalue weighted by molar-refractivity contribution is 6.22. The second-order valence-electron chi connectivity index (χ2n) is 10.2. The molecule has 0 unspecified atom stereocenters. The molecule has 0 fully saturated rings. The standard InChI is InChI=1S/C36H27NO2/c1-23-18-24(2)20-27(19-23)37(26-11-9-10-25(21-26)28-12-5-7-16-33(28)38)32-22-35-36(30-14-4-3-13-29(30)32)31-15-6-8-17-34(31)39-35/h3-22,38H,1-2H3. The highest BCUT2D eigenvalue weighted by Crippen LogP contribution is 2.45. The van der Waals surface area contributed by atoms with Crippen LogP contribution in [0.3, 0.4) is 0 Å². The van der Waals surface area contributed by atoms with Gasteiger partial charge in [-0.25, -0.2) is 0 Å². The number of anilines is 3. The Kier molecular flexibility index (Phi) is 5.38. The highest BCUT2D eigenvalue weighted by Gasteiger charge is 2.21.